The number of nitrogens with one attached hydrogen (secondary N) is 1. The number of hydrogen-bond donors (Lipinski definition) is 1. The van der Waals surface area contributed by atoms with Gasteiger partial charge in [0.05, 0.1) is 16.8 Å². The molecule has 0 heterocycles. The number of rotatable bonds is 5. The standard InChI is InChI=1S/C16H12ClF3N2O2/c17-13-6-1-2-7-14(13)24-10-15(23)22-21-9-11-4-3-5-12(8-11)16(18,19)20/h1-9H,10H2,(H,22,23)/b21-9-. The Balaban J connectivity index is 1.88. The average Bonchev–Trinajstić information content (AvgIpc) is 2.54. The van der Waals surface area contributed by atoms with Crippen molar-refractivity contribution in [2.75, 3.05) is 6.61 Å². The number of hydrazone groups is 1. The highest BCUT2D eigenvalue weighted by atomic mass is 35.5. The van der Waals surface area contributed by atoms with Gasteiger partial charge in [-0.15, -0.1) is 0 Å². The lowest BCUT2D eigenvalue weighted by Crippen LogP contribution is -2.24. The van der Waals surface area contributed by atoms with Gasteiger partial charge in [0.1, 0.15) is 5.75 Å². The normalized spacial score (nSPS) is 11.5. The predicted molar refractivity (Wildman–Crippen MR) is 84.1 cm³/mol. The molecule has 126 valence electrons. The van der Waals surface area contributed by atoms with E-state index in [9.17, 15) is 18.0 Å². The van der Waals surface area contributed by atoms with Gasteiger partial charge in [-0.25, -0.2) is 5.43 Å². The van der Waals surface area contributed by atoms with Crippen LogP contribution in [0, 0.1) is 0 Å². The van der Waals surface area contributed by atoms with E-state index < -0.39 is 17.6 Å². The van der Waals surface area contributed by atoms with Crippen molar-refractivity contribution < 1.29 is 22.7 Å². The Bertz CT molecular complexity index is 748. The lowest BCUT2D eigenvalue weighted by atomic mass is 10.1. The van der Waals surface area contributed by atoms with Crippen LogP contribution >= 0.6 is 11.6 Å². The van der Waals surface area contributed by atoms with Gasteiger partial charge < -0.3 is 4.74 Å². The van der Waals surface area contributed by atoms with Gasteiger partial charge in [0.15, 0.2) is 6.61 Å². The number of para-hydroxylation sites is 1. The summed E-state index contributed by atoms with van der Waals surface area (Å²) in [6.45, 7) is -0.330. The maximum absolute atomic E-state index is 12.6. The molecule has 1 N–H and O–H groups in total. The number of halogens is 4. The zero-order valence-electron chi connectivity index (χ0n) is 12.2. The summed E-state index contributed by atoms with van der Waals surface area (Å²) in [6.07, 6.45) is -3.32. The molecule has 0 saturated heterocycles. The highest BCUT2D eigenvalue weighted by Gasteiger charge is 2.30. The van der Waals surface area contributed by atoms with Gasteiger partial charge in [-0.2, -0.15) is 18.3 Å². The first-order valence-electron chi connectivity index (χ1n) is 6.73. The van der Waals surface area contributed by atoms with Crippen LogP contribution in [0.1, 0.15) is 11.1 Å². The van der Waals surface area contributed by atoms with Crippen molar-refractivity contribution in [1.29, 1.82) is 0 Å². The third-order valence-electron chi connectivity index (χ3n) is 2.81. The summed E-state index contributed by atoms with van der Waals surface area (Å²) in [7, 11) is 0. The molecule has 4 nitrogen and oxygen atoms in total. The lowest BCUT2D eigenvalue weighted by Gasteiger charge is -2.07. The monoisotopic (exact) mass is 356 g/mol. The summed E-state index contributed by atoms with van der Waals surface area (Å²) in [6, 6.07) is 11.2. The number of ether oxygens (including phenoxy) is 1. The van der Waals surface area contributed by atoms with Gasteiger partial charge in [-0.1, -0.05) is 35.9 Å². The largest absolute Gasteiger partial charge is 0.482 e. The van der Waals surface area contributed by atoms with E-state index in [2.05, 4.69) is 10.5 Å². The second kappa shape index (κ2) is 7.83. The Kier molecular flexibility index (Phi) is 5.81. The van der Waals surface area contributed by atoms with Crippen LogP contribution in [0.2, 0.25) is 5.02 Å². The van der Waals surface area contributed by atoms with Gasteiger partial charge in [0.2, 0.25) is 0 Å². The van der Waals surface area contributed by atoms with Crippen molar-refractivity contribution in [2.45, 2.75) is 6.18 Å². The molecule has 0 saturated carbocycles. The summed E-state index contributed by atoms with van der Waals surface area (Å²) in [5, 5.41) is 3.95. The number of carbonyl (C=O) groups is 1. The van der Waals surface area contributed by atoms with Gasteiger partial charge in [0, 0.05) is 0 Å². The Hall–Kier alpha value is -2.54. The number of nitrogens with zero attached hydrogens (tertiary/aromatic N) is 1. The molecule has 1 amide bonds. The van der Waals surface area contributed by atoms with Gasteiger partial charge in [-0.05, 0) is 29.8 Å². The van der Waals surface area contributed by atoms with Crippen molar-refractivity contribution in [3.8, 4) is 5.75 Å². The fraction of sp³-hybridized carbons (Fsp3) is 0.125. The number of alkyl halides is 3. The van der Waals surface area contributed by atoms with Crippen molar-refractivity contribution in [2.24, 2.45) is 5.10 Å². The molecular formula is C16H12ClF3N2O2. The van der Waals surface area contributed by atoms with E-state index in [1.54, 1.807) is 24.3 Å². The zero-order valence-corrected chi connectivity index (χ0v) is 12.9. The number of hydrogen-bond acceptors (Lipinski definition) is 3. The molecule has 0 aromatic heterocycles. The minimum Gasteiger partial charge on any atom is -0.482 e. The average molecular weight is 357 g/mol. The second-order valence-corrected chi connectivity index (χ2v) is 5.04. The van der Waals surface area contributed by atoms with E-state index in [4.69, 9.17) is 16.3 Å². The van der Waals surface area contributed by atoms with Crippen LogP contribution in [0.5, 0.6) is 5.75 Å². The minimum atomic E-state index is -4.43. The summed E-state index contributed by atoms with van der Waals surface area (Å²) >= 11 is 5.87. The molecule has 0 spiro atoms. The fourth-order valence-corrected chi connectivity index (χ4v) is 1.90. The van der Waals surface area contributed by atoms with Gasteiger partial charge in [-0.3, -0.25) is 4.79 Å². The van der Waals surface area contributed by atoms with Crippen molar-refractivity contribution in [3.63, 3.8) is 0 Å². The van der Waals surface area contributed by atoms with Crippen molar-refractivity contribution >= 4 is 23.7 Å². The van der Waals surface area contributed by atoms with Crippen LogP contribution in [0.3, 0.4) is 0 Å². The molecule has 0 atom stereocenters. The summed E-state index contributed by atoms with van der Waals surface area (Å²) in [5.74, 6) is -0.227. The second-order valence-electron chi connectivity index (χ2n) is 4.64. The molecule has 2 aromatic rings. The molecule has 0 aliphatic rings. The topological polar surface area (TPSA) is 50.7 Å². The molecular weight excluding hydrogens is 345 g/mol. The molecule has 8 heteroatoms. The number of carbonyl (C=O) groups excluding carboxylic acids is 1. The Morgan fingerprint density at radius 3 is 2.67 bits per heavy atom. The highest BCUT2D eigenvalue weighted by Crippen LogP contribution is 2.29. The van der Waals surface area contributed by atoms with Crippen LogP contribution in [0.15, 0.2) is 53.6 Å². The SMILES string of the molecule is O=C(COc1ccccc1Cl)N/N=C\c1cccc(C(F)(F)F)c1. The lowest BCUT2D eigenvalue weighted by molar-refractivity contribution is -0.137. The molecule has 0 bridgehead atoms. The van der Waals surface area contributed by atoms with Gasteiger partial charge in [0.25, 0.3) is 5.91 Å². The number of amides is 1. The minimum absolute atomic E-state index is 0.206. The summed E-state index contributed by atoms with van der Waals surface area (Å²) < 4.78 is 42.9. The Morgan fingerprint density at radius 2 is 1.96 bits per heavy atom. The smallest absolute Gasteiger partial charge is 0.416 e. The van der Waals surface area contributed by atoms with Crippen LogP contribution in [0.25, 0.3) is 0 Å². The zero-order chi connectivity index (χ0) is 17.6. The Labute approximate surface area is 140 Å². The molecule has 0 aliphatic carbocycles. The first-order chi connectivity index (χ1) is 11.4. The Morgan fingerprint density at radius 1 is 1.21 bits per heavy atom. The molecule has 0 unspecified atom stereocenters. The van der Waals surface area contributed by atoms with E-state index in [-0.39, 0.29) is 12.2 Å². The van der Waals surface area contributed by atoms with E-state index in [0.29, 0.717) is 10.8 Å². The third kappa shape index (κ3) is 5.27. The quantitative estimate of drug-likeness (QED) is 0.652. The molecule has 0 fully saturated rings. The predicted octanol–water partition coefficient (Wildman–Crippen LogP) is 3.89. The van der Waals surface area contributed by atoms with Crippen molar-refractivity contribution in [3.05, 3.63) is 64.7 Å². The maximum atomic E-state index is 12.6. The summed E-state index contributed by atoms with van der Waals surface area (Å²) in [4.78, 5) is 11.6. The third-order valence-corrected chi connectivity index (χ3v) is 3.12. The van der Waals surface area contributed by atoms with Crippen LogP contribution in [-0.2, 0) is 11.0 Å². The van der Waals surface area contributed by atoms with Gasteiger partial charge >= 0.3 is 6.18 Å². The van der Waals surface area contributed by atoms with Crippen LogP contribution in [0.4, 0.5) is 13.2 Å². The molecule has 0 radical (unpaired) electrons. The van der Waals surface area contributed by atoms with E-state index in [1.807, 2.05) is 0 Å². The highest BCUT2D eigenvalue weighted by molar-refractivity contribution is 6.32. The summed E-state index contributed by atoms with van der Waals surface area (Å²) in [5.41, 5.74) is 1.57. The fourth-order valence-electron chi connectivity index (χ4n) is 1.71. The van der Waals surface area contributed by atoms with Crippen molar-refractivity contribution in [1.82, 2.24) is 5.43 Å². The van der Waals surface area contributed by atoms with Crippen LogP contribution < -0.4 is 10.2 Å². The number of benzene rings is 2. The van der Waals surface area contributed by atoms with E-state index in [1.165, 1.54) is 12.1 Å². The first kappa shape index (κ1) is 17.8. The first-order valence-corrected chi connectivity index (χ1v) is 7.10. The maximum Gasteiger partial charge on any atom is 0.416 e. The van der Waals surface area contributed by atoms with E-state index >= 15 is 0 Å². The molecule has 2 rings (SSSR count). The van der Waals surface area contributed by atoms with E-state index in [0.717, 1.165) is 18.3 Å². The molecule has 2 aromatic carbocycles. The molecule has 24 heavy (non-hydrogen) atoms. The van der Waals surface area contributed by atoms with Crippen LogP contribution in [-0.4, -0.2) is 18.7 Å². The molecule has 0 aliphatic heterocycles.